The summed E-state index contributed by atoms with van der Waals surface area (Å²) < 4.78 is 0. The second-order valence-corrected chi connectivity index (χ2v) is 7.99. The van der Waals surface area contributed by atoms with E-state index in [9.17, 15) is 10.2 Å². The molecule has 0 aliphatic heterocycles. The van der Waals surface area contributed by atoms with Crippen molar-refractivity contribution in [2.24, 2.45) is 5.41 Å². The van der Waals surface area contributed by atoms with E-state index in [-0.39, 0.29) is 5.41 Å². The third kappa shape index (κ3) is 2.00. The van der Waals surface area contributed by atoms with Gasteiger partial charge >= 0.3 is 0 Å². The van der Waals surface area contributed by atoms with Crippen LogP contribution in [0, 0.1) is 5.41 Å². The number of aliphatic hydroxyl groups is 2. The summed E-state index contributed by atoms with van der Waals surface area (Å²) in [5.74, 6) is 0.469. The summed E-state index contributed by atoms with van der Waals surface area (Å²) in [5.41, 5.74) is 1.33. The minimum absolute atomic E-state index is 0.390. The maximum absolute atomic E-state index is 11.6. The summed E-state index contributed by atoms with van der Waals surface area (Å²) >= 11 is 0. The highest BCUT2D eigenvalue weighted by Gasteiger charge is 2.65. The van der Waals surface area contributed by atoms with Crippen LogP contribution in [0.25, 0.3) is 0 Å². The van der Waals surface area contributed by atoms with Crippen molar-refractivity contribution in [2.75, 3.05) is 0 Å². The van der Waals surface area contributed by atoms with Crippen molar-refractivity contribution >= 4 is 0 Å². The Morgan fingerprint density at radius 3 is 2.23 bits per heavy atom. The molecule has 0 fully saturated rings. The highest BCUT2D eigenvalue weighted by atomic mass is 16.3. The molecule has 1 aromatic rings. The molecule has 22 heavy (non-hydrogen) atoms. The Balaban J connectivity index is 2.57. The van der Waals surface area contributed by atoms with Gasteiger partial charge in [-0.15, -0.1) is 0 Å². The lowest BCUT2D eigenvalue weighted by atomic mass is 9.45. The van der Waals surface area contributed by atoms with Crippen molar-refractivity contribution in [1.82, 2.24) is 0 Å². The Kier molecular flexibility index (Phi) is 4.08. The first-order chi connectivity index (χ1) is 10.0. The molecular formula is C20H30O2. The molecule has 0 bridgehead atoms. The number of hydrogen-bond acceptors (Lipinski definition) is 2. The molecule has 0 unspecified atom stereocenters. The molecule has 2 rings (SSSR count). The Labute approximate surface area is 134 Å². The molecule has 0 spiro atoms. The van der Waals surface area contributed by atoms with E-state index in [0.29, 0.717) is 5.92 Å². The van der Waals surface area contributed by atoms with Crippen LogP contribution in [0.5, 0.6) is 0 Å². The summed E-state index contributed by atoms with van der Waals surface area (Å²) in [7, 11) is 0. The lowest BCUT2D eigenvalue weighted by Crippen LogP contribution is -2.65. The van der Waals surface area contributed by atoms with Crippen LogP contribution < -0.4 is 0 Å². The lowest BCUT2D eigenvalue weighted by Gasteiger charge is -2.62. The van der Waals surface area contributed by atoms with Gasteiger partial charge in [0, 0.05) is 10.8 Å². The molecule has 0 saturated carbocycles. The van der Waals surface area contributed by atoms with E-state index < -0.39 is 17.1 Å². The Bertz CT molecular complexity index is 596. The van der Waals surface area contributed by atoms with Crippen LogP contribution in [0.15, 0.2) is 30.4 Å². The molecule has 2 atom stereocenters. The van der Waals surface area contributed by atoms with Crippen LogP contribution in [0.4, 0.5) is 0 Å². The monoisotopic (exact) mass is 302 g/mol. The molecular weight excluding hydrogens is 272 g/mol. The average molecular weight is 302 g/mol. The van der Waals surface area contributed by atoms with E-state index in [4.69, 9.17) is 0 Å². The van der Waals surface area contributed by atoms with Crippen molar-refractivity contribution in [1.29, 1.82) is 0 Å². The predicted octanol–water partition coefficient (Wildman–Crippen LogP) is 4.25. The van der Waals surface area contributed by atoms with Gasteiger partial charge in [-0.25, -0.2) is 0 Å². The molecule has 1 aliphatic rings. The number of aliphatic hydroxyl groups excluding tert-OH is 1. The van der Waals surface area contributed by atoms with Gasteiger partial charge in [0.05, 0.1) is 6.10 Å². The second kappa shape index (κ2) is 5.21. The predicted molar refractivity (Wildman–Crippen MR) is 92.1 cm³/mol. The van der Waals surface area contributed by atoms with E-state index in [2.05, 4.69) is 39.8 Å². The minimum Gasteiger partial charge on any atom is -0.388 e. The molecule has 1 aliphatic carbocycles. The summed E-state index contributed by atoms with van der Waals surface area (Å²) in [6.07, 6.45) is 2.90. The highest BCUT2D eigenvalue weighted by Crippen LogP contribution is 2.63. The standard InChI is InChI=1S/C20H30O2/c1-8-9-17(21)19(6,7)20(22)15-11-10-14(13(2)3)12-16(15)18(20,4)5/h8-13,17,21-22H,1-7H3/b9-8+/t17-,20-/m0/s1. The summed E-state index contributed by atoms with van der Waals surface area (Å²) in [5, 5.41) is 22.1. The second-order valence-electron chi connectivity index (χ2n) is 7.99. The number of fused-ring (bicyclic) bond motifs is 1. The zero-order chi connectivity index (χ0) is 16.9. The van der Waals surface area contributed by atoms with Crippen LogP contribution in [-0.2, 0) is 11.0 Å². The van der Waals surface area contributed by atoms with E-state index in [1.807, 2.05) is 32.9 Å². The summed E-state index contributed by atoms with van der Waals surface area (Å²) in [6, 6.07) is 6.36. The fraction of sp³-hybridized carbons (Fsp3) is 0.600. The molecule has 0 amide bonds. The molecule has 0 aromatic heterocycles. The van der Waals surface area contributed by atoms with Crippen LogP contribution in [0.2, 0.25) is 0 Å². The summed E-state index contributed by atoms with van der Waals surface area (Å²) in [4.78, 5) is 0. The number of benzene rings is 1. The Morgan fingerprint density at radius 1 is 1.14 bits per heavy atom. The van der Waals surface area contributed by atoms with Gasteiger partial charge < -0.3 is 10.2 Å². The van der Waals surface area contributed by atoms with E-state index >= 15 is 0 Å². The maximum atomic E-state index is 11.6. The first kappa shape index (κ1) is 17.2. The number of allylic oxidation sites excluding steroid dienone is 1. The van der Waals surface area contributed by atoms with E-state index in [0.717, 1.165) is 5.56 Å². The minimum atomic E-state index is -1.05. The third-order valence-electron chi connectivity index (χ3n) is 5.72. The molecule has 122 valence electrons. The quantitative estimate of drug-likeness (QED) is 0.816. The molecule has 0 saturated heterocycles. The molecule has 1 aromatic carbocycles. The van der Waals surface area contributed by atoms with Gasteiger partial charge in [-0.05, 0) is 29.5 Å². The van der Waals surface area contributed by atoms with Crippen LogP contribution in [0.1, 0.15) is 71.1 Å². The van der Waals surface area contributed by atoms with Crippen LogP contribution >= 0.6 is 0 Å². The van der Waals surface area contributed by atoms with Gasteiger partial charge in [-0.1, -0.05) is 71.9 Å². The van der Waals surface area contributed by atoms with Crippen molar-refractivity contribution in [3.8, 4) is 0 Å². The van der Waals surface area contributed by atoms with Gasteiger partial charge in [0.1, 0.15) is 5.60 Å². The smallest absolute Gasteiger partial charge is 0.107 e. The molecule has 0 radical (unpaired) electrons. The van der Waals surface area contributed by atoms with Crippen LogP contribution in [0.3, 0.4) is 0 Å². The largest absolute Gasteiger partial charge is 0.388 e. The fourth-order valence-electron chi connectivity index (χ4n) is 4.01. The maximum Gasteiger partial charge on any atom is 0.107 e. The Hall–Kier alpha value is -1.12. The fourth-order valence-corrected chi connectivity index (χ4v) is 4.01. The first-order valence-electron chi connectivity index (χ1n) is 8.20. The van der Waals surface area contributed by atoms with Gasteiger partial charge in [0.25, 0.3) is 0 Å². The summed E-state index contributed by atoms with van der Waals surface area (Å²) in [6.45, 7) is 14.3. The molecule has 2 nitrogen and oxygen atoms in total. The molecule has 2 heteroatoms. The first-order valence-corrected chi connectivity index (χ1v) is 8.20. The van der Waals surface area contributed by atoms with Gasteiger partial charge in [-0.3, -0.25) is 0 Å². The van der Waals surface area contributed by atoms with Crippen molar-refractivity contribution in [3.63, 3.8) is 0 Å². The number of hydrogen-bond donors (Lipinski definition) is 2. The normalized spacial score (nSPS) is 25.2. The third-order valence-corrected chi connectivity index (χ3v) is 5.72. The van der Waals surface area contributed by atoms with Crippen molar-refractivity contribution in [3.05, 3.63) is 47.0 Å². The van der Waals surface area contributed by atoms with E-state index in [1.54, 1.807) is 6.08 Å². The van der Waals surface area contributed by atoms with E-state index in [1.165, 1.54) is 11.1 Å². The lowest BCUT2D eigenvalue weighted by molar-refractivity contribution is -0.182. The van der Waals surface area contributed by atoms with Gasteiger partial charge in [-0.2, -0.15) is 0 Å². The zero-order valence-electron chi connectivity index (χ0n) is 14.9. The zero-order valence-corrected chi connectivity index (χ0v) is 14.9. The SMILES string of the molecule is C/C=C/[C@H](O)C(C)(C)[C@]1(O)c2ccc(C(C)C)cc2C1(C)C. The highest BCUT2D eigenvalue weighted by molar-refractivity contribution is 5.55. The number of rotatable bonds is 4. The van der Waals surface area contributed by atoms with Crippen molar-refractivity contribution in [2.45, 2.75) is 71.5 Å². The molecule has 2 N–H and O–H groups in total. The van der Waals surface area contributed by atoms with Crippen molar-refractivity contribution < 1.29 is 10.2 Å². The van der Waals surface area contributed by atoms with Crippen LogP contribution in [-0.4, -0.2) is 16.3 Å². The topological polar surface area (TPSA) is 40.5 Å². The van der Waals surface area contributed by atoms with Gasteiger partial charge in [0.2, 0.25) is 0 Å². The Morgan fingerprint density at radius 2 is 1.73 bits per heavy atom. The van der Waals surface area contributed by atoms with Gasteiger partial charge in [0.15, 0.2) is 0 Å². The average Bonchev–Trinajstić information content (AvgIpc) is 2.45. The molecule has 0 heterocycles.